The van der Waals surface area contributed by atoms with Crippen molar-refractivity contribution in [2.45, 2.75) is 40.0 Å². The Morgan fingerprint density at radius 2 is 2.00 bits per heavy atom. The quantitative estimate of drug-likeness (QED) is 0.501. The fraction of sp³-hybridized carbons (Fsp3) is 0.750. The summed E-state index contributed by atoms with van der Waals surface area (Å²) < 4.78 is 4.90. The number of carbonyl (C=O) groups excluding carboxylic acids is 1. The van der Waals surface area contributed by atoms with E-state index in [2.05, 4.69) is 13.8 Å². The van der Waals surface area contributed by atoms with Crippen molar-refractivity contribution < 1.29 is 9.53 Å². The second kappa shape index (κ2) is 5.18. The maximum atomic E-state index is 11.2. The zero-order chi connectivity index (χ0) is 10.6. The Hall–Kier alpha value is -0.790. The summed E-state index contributed by atoms with van der Waals surface area (Å²) in [6.45, 7) is 6.79. The molecule has 1 rings (SSSR count). The molecule has 0 N–H and O–H groups in total. The van der Waals surface area contributed by atoms with Crippen molar-refractivity contribution >= 4 is 5.97 Å². The van der Waals surface area contributed by atoms with Gasteiger partial charge in [-0.05, 0) is 38.0 Å². The van der Waals surface area contributed by atoms with E-state index in [1.165, 1.54) is 12.0 Å². The molecule has 0 heterocycles. The molecule has 1 aliphatic carbocycles. The number of allylic oxidation sites excluding steroid dienone is 1. The first kappa shape index (κ1) is 11.3. The van der Waals surface area contributed by atoms with Gasteiger partial charge in [0.05, 0.1) is 6.61 Å². The summed E-state index contributed by atoms with van der Waals surface area (Å²) in [4.78, 5) is 11.2. The third-order valence-electron chi connectivity index (χ3n) is 2.63. The molecule has 0 amide bonds. The van der Waals surface area contributed by atoms with Crippen LogP contribution in [-0.2, 0) is 9.53 Å². The van der Waals surface area contributed by atoms with E-state index in [-0.39, 0.29) is 5.97 Å². The van der Waals surface area contributed by atoms with Crippen LogP contribution < -0.4 is 0 Å². The molecule has 2 nitrogen and oxygen atoms in total. The zero-order valence-electron chi connectivity index (χ0n) is 9.38. The molecule has 0 aliphatic heterocycles. The molecule has 14 heavy (non-hydrogen) atoms. The maximum absolute atomic E-state index is 11.2. The van der Waals surface area contributed by atoms with Gasteiger partial charge in [0.2, 0.25) is 0 Å². The molecule has 2 heteroatoms. The fourth-order valence-electron chi connectivity index (χ4n) is 2.30. The molecule has 2 atom stereocenters. The SMILES string of the molecule is CCOC(=O)C=C1CC(C)CC(C)C1. The summed E-state index contributed by atoms with van der Waals surface area (Å²) in [5.41, 5.74) is 1.26. The molecule has 2 unspecified atom stereocenters. The molecular formula is C12H20O2. The molecule has 80 valence electrons. The van der Waals surface area contributed by atoms with Gasteiger partial charge >= 0.3 is 5.97 Å². The van der Waals surface area contributed by atoms with Crippen LogP contribution in [0.5, 0.6) is 0 Å². The average molecular weight is 196 g/mol. The van der Waals surface area contributed by atoms with Crippen molar-refractivity contribution in [3.05, 3.63) is 11.6 Å². The summed E-state index contributed by atoms with van der Waals surface area (Å²) in [6.07, 6.45) is 5.09. The highest BCUT2D eigenvalue weighted by atomic mass is 16.5. The number of hydrogen-bond donors (Lipinski definition) is 0. The predicted molar refractivity (Wildman–Crippen MR) is 56.9 cm³/mol. The van der Waals surface area contributed by atoms with Gasteiger partial charge in [-0.1, -0.05) is 19.4 Å². The molecule has 0 spiro atoms. The van der Waals surface area contributed by atoms with Crippen LogP contribution in [0.3, 0.4) is 0 Å². The van der Waals surface area contributed by atoms with Gasteiger partial charge in [-0.3, -0.25) is 0 Å². The van der Waals surface area contributed by atoms with E-state index >= 15 is 0 Å². The minimum absolute atomic E-state index is 0.177. The van der Waals surface area contributed by atoms with Crippen molar-refractivity contribution in [2.24, 2.45) is 11.8 Å². The minimum Gasteiger partial charge on any atom is -0.463 e. The van der Waals surface area contributed by atoms with E-state index in [9.17, 15) is 4.79 Å². The fourth-order valence-corrected chi connectivity index (χ4v) is 2.30. The minimum atomic E-state index is -0.177. The van der Waals surface area contributed by atoms with Gasteiger partial charge in [-0.25, -0.2) is 4.79 Å². The Bertz CT molecular complexity index is 218. The van der Waals surface area contributed by atoms with Gasteiger partial charge in [0.25, 0.3) is 0 Å². The second-order valence-electron chi connectivity index (χ2n) is 4.41. The molecule has 0 aromatic carbocycles. The van der Waals surface area contributed by atoms with Crippen molar-refractivity contribution in [3.8, 4) is 0 Å². The van der Waals surface area contributed by atoms with E-state index in [1.807, 2.05) is 6.92 Å². The number of ether oxygens (including phenoxy) is 1. The highest BCUT2D eigenvalue weighted by Gasteiger charge is 2.19. The third-order valence-corrected chi connectivity index (χ3v) is 2.63. The van der Waals surface area contributed by atoms with Gasteiger partial charge in [0.1, 0.15) is 0 Å². The second-order valence-corrected chi connectivity index (χ2v) is 4.41. The largest absolute Gasteiger partial charge is 0.463 e. The van der Waals surface area contributed by atoms with Gasteiger partial charge in [-0.2, -0.15) is 0 Å². The van der Waals surface area contributed by atoms with Crippen LogP contribution in [0.2, 0.25) is 0 Å². The first-order valence-corrected chi connectivity index (χ1v) is 5.48. The van der Waals surface area contributed by atoms with Crippen LogP contribution in [0.4, 0.5) is 0 Å². The first-order valence-electron chi connectivity index (χ1n) is 5.48. The molecule has 0 aromatic rings. The van der Waals surface area contributed by atoms with Gasteiger partial charge in [0, 0.05) is 6.08 Å². The Kier molecular flexibility index (Phi) is 4.18. The van der Waals surface area contributed by atoms with Crippen LogP contribution >= 0.6 is 0 Å². The van der Waals surface area contributed by atoms with Crippen LogP contribution in [0.1, 0.15) is 40.0 Å². The summed E-state index contributed by atoms with van der Waals surface area (Å²) in [7, 11) is 0. The average Bonchev–Trinajstić information content (AvgIpc) is 2.01. The lowest BCUT2D eigenvalue weighted by Gasteiger charge is -2.26. The summed E-state index contributed by atoms with van der Waals surface area (Å²) in [6, 6.07) is 0. The van der Waals surface area contributed by atoms with E-state index in [0.717, 1.165) is 12.8 Å². The summed E-state index contributed by atoms with van der Waals surface area (Å²) in [5, 5.41) is 0. The van der Waals surface area contributed by atoms with Gasteiger partial charge in [-0.15, -0.1) is 0 Å². The molecule has 0 bridgehead atoms. The number of esters is 1. The van der Waals surface area contributed by atoms with Crippen molar-refractivity contribution in [1.82, 2.24) is 0 Å². The monoisotopic (exact) mass is 196 g/mol. The Morgan fingerprint density at radius 1 is 1.43 bits per heavy atom. The van der Waals surface area contributed by atoms with Gasteiger partial charge < -0.3 is 4.74 Å². The smallest absolute Gasteiger partial charge is 0.330 e. The van der Waals surface area contributed by atoms with Crippen molar-refractivity contribution in [3.63, 3.8) is 0 Å². The van der Waals surface area contributed by atoms with E-state index in [1.54, 1.807) is 6.08 Å². The highest BCUT2D eigenvalue weighted by molar-refractivity contribution is 5.82. The van der Waals surface area contributed by atoms with Crippen molar-refractivity contribution in [1.29, 1.82) is 0 Å². The van der Waals surface area contributed by atoms with E-state index in [0.29, 0.717) is 18.4 Å². The molecule has 0 aromatic heterocycles. The number of rotatable bonds is 2. The zero-order valence-corrected chi connectivity index (χ0v) is 9.38. The molecule has 0 radical (unpaired) electrons. The Morgan fingerprint density at radius 3 is 2.50 bits per heavy atom. The lowest BCUT2D eigenvalue weighted by Crippen LogP contribution is -2.14. The summed E-state index contributed by atoms with van der Waals surface area (Å²) >= 11 is 0. The molecule has 0 saturated heterocycles. The van der Waals surface area contributed by atoms with E-state index in [4.69, 9.17) is 4.74 Å². The molecule has 1 fully saturated rings. The Labute approximate surface area is 86.3 Å². The number of carbonyl (C=O) groups is 1. The van der Waals surface area contributed by atoms with Crippen LogP contribution in [-0.4, -0.2) is 12.6 Å². The summed E-state index contributed by atoms with van der Waals surface area (Å²) in [5.74, 6) is 1.24. The van der Waals surface area contributed by atoms with Crippen LogP contribution in [0.25, 0.3) is 0 Å². The highest BCUT2D eigenvalue weighted by Crippen LogP contribution is 2.32. The van der Waals surface area contributed by atoms with Crippen LogP contribution in [0, 0.1) is 11.8 Å². The standard InChI is InChI=1S/C12H20O2/c1-4-14-12(13)8-11-6-9(2)5-10(3)7-11/h8-10H,4-7H2,1-3H3. The molecule has 1 saturated carbocycles. The third kappa shape index (κ3) is 3.52. The lowest BCUT2D eigenvalue weighted by atomic mass is 9.80. The molecular weight excluding hydrogens is 176 g/mol. The normalized spacial score (nSPS) is 27.2. The topological polar surface area (TPSA) is 26.3 Å². The lowest BCUT2D eigenvalue weighted by molar-refractivity contribution is -0.137. The first-order chi connectivity index (χ1) is 6.61. The van der Waals surface area contributed by atoms with Crippen LogP contribution in [0.15, 0.2) is 11.6 Å². The van der Waals surface area contributed by atoms with Crippen molar-refractivity contribution in [2.75, 3.05) is 6.61 Å². The Balaban J connectivity index is 2.53. The van der Waals surface area contributed by atoms with Gasteiger partial charge in [0.15, 0.2) is 0 Å². The van der Waals surface area contributed by atoms with E-state index < -0.39 is 0 Å². The maximum Gasteiger partial charge on any atom is 0.330 e. The number of hydrogen-bond acceptors (Lipinski definition) is 2. The predicted octanol–water partition coefficient (Wildman–Crippen LogP) is 2.93. The molecule has 1 aliphatic rings.